The zero-order valence-electron chi connectivity index (χ0n) is 10.1. The van der Waals surface area contributed by atoms with Gasteiger partial charge in [-0.25, -0.2) is 0 Å². The number of hydrogen-bond donors (Lipinski definition) is 1. The quantitative estimate of drug-likeness (QED) is 0.842. The molecule has 0 amide bonds. The minimum atomic E-state index is 0.190. The minimum absolute atomic E-state index is 0.190. The summed E-state index contributed by atoms with van der Waals surface area (Å²) in [6, 6.07) is 10.6. The Labute approximate surface area is 120 Å². The van der Waals surface area contributed by atoms with Gasteiger partial charge in [-0.15, -0.1) is 0 Å². The van der Waals surface area contributed by atoms with Gasteiger partial charge in [0.15, 0.2) is 0 Å². The molecule has 0 unspecified atom stereocenters. The summed E-state index contributed by atoms with van der Waals surface area (Å²) in [6.07, 6.45) is 0. The molecule has 0 saturated carbocycles. The third-order valence-electron chi connectivity index (χ3n) is 2.51. The highest BCUT2D eigenvalue weighted by atomic mass is 127. The number of phenolic OH excluding ortho intramolecular Hbond substituents is 1. The van der Waals surface area contributed by atoms with E-state index in [0.29, 0.717) is 5.75 Å². The number of hydrogen-bond acceptors (Lipinski definition) is 3. The Kier molecular flexibility index (Phi) is 3.96. The summed E-state index contributed by atoms with van der Waals surface area (Å²) >= 11 is 2.17. The second kappa shape index (κ2) is 5.48. The fourth-order valence-electron chi connectivity index (χ4n) is 1.61. The molecule has 0 aliphatic carbocycles. The first-order chi connectivity index (χ1) is 8.60. The maximum atomic E-state index is 9.45. The van der Waals surface area contributed by atoms with Crippen LogP contribution in [0.4, 0.5) is 0 Å². The van der Waals surface area contributed by atoms with Crippen molar-refractivity contribution in [3.8, 4) is 23.0 Å². The van der Waals surface area contributed by atoms with Crippen LogP contribution in [0, 0.1) is 10.5 Å². The highest BCUT2D eigenvalue weighted by molar-refractivity contribution is 14.1. The molecule has 0 radical (unpaired) electrons. The Morgan fingerprint density at radius 3 is 2.50 bits per heavy atom. The van der Waals surface area contributed by atoms with Crippen LogP contribution >= 0.6 is 22.6 Å². The molecular weight excluding hydrogens is 343 g/mol. The van der Waals surface area contributed by atoms with Crippen LogP contribution in [0.3, 0.4) is 0 Å². The van der Waals surface area contributed by atoms with Gasteiger partial charge in [-0.3, -0.25) is 0 Å². The lowest BCUT2D eigenvalue weighted by atomic mass is 10.2. The Morgan fingerprint density at radius 1 is 1.06 bits per heavy atom. The van der Waals surface area contributed by atoms with Gasteiger partial charge in [-0.2, -0.15) is 0 Å². The van der Waals surface area contributed by atoms with E-state index in [1.54, 1.807) is 19.2 Å². The Balaban J connectivity index is 2.28. The maximum Gasteiger partial charge on any atom is 0.144 e. The van der Waals surface area contributed by atoms with Gasteiger partial charge in [0.2, 0.25) is 0 Å². The van der Waals surface area contributed by atoms with E-state index in [1.807, 2.05) is 31.2 Å². The fraction of sp³-hybridized carbons (Fsp3) is 0.143. The molecule has 2 rings (SSSR count). The first-order valence-electron chi connectivity index (χ1n) is 5.41. The van der Waals surface area contributed by atoms with Gasteiger partial charge < -0.3 is 14.6 Å². The summed E-state index contributed by atoms with van der Waals surface area (Å²) in [6.45, 7) is 1.96. The lowest BCUT2D eigenvalue weighted by molar-refractivity contribution is 0.409. The highest BCUT2D eigenvalue weighted by Crippen LogP contribution is 2.31. The van der Waals surface area contributed by atoms with Gasteiger partial charge in [0.25, 0.3) is 0 Å². The average molecular weight is 356 g/mol. The zero-order valence-corrected chi connectivity index (χ0v) is 12.3. The normalized spacial score (nSPS) is 10.2. The number of aryl methyl sites for hydroxylation is 1. The smallest absolute Gasteiger partial charge is 0.144 e. The van der Waals surface area contributed by atoms with Gasteiger partial charge in [0, 0.05) is 6.07 Å². The molecule has 0 aliphatic heterocycles. The van der Waals surface area contributed by atoms with Crippen LogP contribution < -0.4 is 9.47 Å². The van der Waals surface area contributed by atoms with Crippen LogP contribution in [-0.2, 0) is 0 Å². The van der Waals surface area contributed by atoms with Gasteiger partial charge in [0.1, 0.15) is 23.0 Å². The molecule has 0 spiro atoms. The molecule has 3 nitrogen and oxygen atoms in total. The molecule has 0 aliphatic rings. The monoisotopic (exact) mass is 356 g/mol. The summed E-state index contributed by atoms with van der Waals surface area (Å²) in [5.41, 5.74) is 1.00. The zero-order chi connectivity index (χ0) is 13.1. The van der Waals surface area contributed by atoms with Crippen molar-refractivity contribution in [3.05, 3.63) is 45.5 Å². The Hall–Kier alpha value is -1.43. The third kappa shape index (κ3) is 2.87. The first kappa shape index (κ1) is 13.0. The summed E-state index contributed by atoms with van der Waals surface area (Å²) in [5, 5.41) is 9.45. The van der Waals surface area contributed by atoms with Crippen molar-refractivity contribution in [3.63, 3.8) is 0 Å². The first-order valence-corrected chi connectivity index (χ1v) is 6.49. The molecule has 0 bridgehead atoms. The summed E-state index contributed by atoms with van der Waals surface area (Å²) in [7, 11) is 1.64. The molecule has 94 valence electrons. The van der Waals surface area contributed by atoms with Crippen molar-refractivity contribution >= 4 is 22.6 Å². The molecule has 0 heterocycles. The number of phenols is 1. The molecule has 1 N–H and O–H groups in total. The molecule has 0 aromatic heterocycles. The van der Waals surface area contributed by atoms with Crippen molar-refractivity contribution in [1.29, 1.82) is 0 Å². The number of ether oxygens (including phenoxy) is 2. The van der Waals surface area contributed by atoms with E-state index in [0.717, 1.165) is 20.6 Å². The second-order valence-electron chi connectivity index (χ2n) is 3.85. The maximum absolute atomic E-state index is 9.45. The van der Waals surface area contributed by atoms with E-state index < -0.39 is 0 Å². The fourth-order valence-corrected chi connectivity index (χ4v) is 2.06. The van der Waals surface area contributed by atoms with Crippen LogP contribution in [0.25, 0.3) is 0 Å². The van der Waals surface area contributed by atoms with Gasteiger partial charge in [-0.1, -0.05) is 0 Å². The molecule has 0 atom stereocenters. The van der Waals surface area contributed by atoms with E-state index >= 15 is 0 Å². The standard InChI is InChI=1S/C14H13IO3/c1-9-7-11(4-6-13(9)17-2)18-14-8-10(16)3-5-12(14)15/h3-8,16H,1-2H3. The van der Waals surface area contributed by atoms with Crippen molar-refractivity contribution in [2.24, 2.45) is 0 Å². The van der Waals surface area contributed by atoms with Crippen LogP contribution in [0.2, 0.25) is 0 Å². The van der Waals surface area contributed by atoms with Gasteiger partial charge in [0.05, 0.1) is 10.7 Å². The largest absolute Gasteiger partial charge is 0.508 e. The van der Waals surface area contributed by atoms with E-state index in [-0.39, 0.29) is 5.75 Å². The van der Waals surface area contributed by atoms with Crippen LogP contribution in [0.15, 0.2) is 36.4 Å². The molecule has 4 heteroatoms. The molecule has 2 aromatic carbocycles. The second-order valence-corrected chi connectivity index (χ2v) is 5.01. The summed E-state index contributed by atoms with van der Waals surface area (Å²) in [5.74, 6) is 2.38. The number of rotatable bonds is 3. The number of halogens is 1. The van der Waals surface area contributed by atoms with Crippen LogP contribution in [0.1, 0.15) is 5.56 Å². The minimum Gasteiger partial charge on any atom is -0.508 e. The van der Waals surface area contributed by atoms with Crippen LogP contribution in [-0.4, -0.2) is 12.2 Å². The Bertz CT molecular complexity index is 567. The van der Waals surface area contributed by atoms with Gasteiger partial charge in [-0.05, 0) is 65.4 Å². The third-order valence-corrected chi connectivity index (χ3v) is 3.40. The number of benzene rings is 2. The molecule has 18 heavy (non-hydrogen) atoms. The van der Waals surface area contributed by atoms with E-state index in [4.69, 9.17) is 9.47 Å². The predicted octanol–water partition coefficient (Wildman–Crippen LogP) is 4.11. The van der Waals surface area contributed by atoms with Crippen molar-refractivity contribution in [2.75, 3.05) is 7.11 Å². The molecule has 0 saturated heterocycles. The number of aromatic hydroxyl groups is 1. The number of methoxy groups -OCH3 is 1. The predicted molar refractivity (Wildman–Crippen MR) is 78.6 cm³/mol. The van der Waals surface area contributed by atoms with Crippen molar-refractivity contribution < 1.29 is 14.6 Å². The van der Waals surface area contributed by atoms with E-state index in [1.165, 1.54) is 0 Å². The van der Waals surface area contributed by atoms with E-state index in [2.05, 4.69) is 22.6 Å². The summed E-state index contributed by atoms with van der Waals surface area (Å²) in [4.78, 5) is 0. The molecule has 0 fully saturated rings. The van der Waals surface area contributed by atoms with Crippen LogP contribution in [0.5, 0.6) is 23.0 Å². The van der Waals surface area contributed by atoms with E-state index in [9.17, 15) is 5.11 Å². The lowest BCUT2D eigenvalue weighted by Crippen LogP contribution is -1.90. The van der Waals surface area contributed by atoms with Gasteiger partial charge >= 0.3 is 0 Å². The van der Waals surface area contributed by atoms with Crippen molar-refractivity contribution in [1.82, 2.24) is 0 Å². The average Bonchev–Trinajstić information content (AvgIpc) is 2.34. The summed E-state index contributed by atoms with van der Waals surface area (Å²) < 4.78 is 11.9. The van der Waals surface area contributed by atoms with Crippen molar-refractivity contribution in [2.45, 2.75) is 6.92 Å². The molecular formula is C14H13IO3. The lowest BCUT2D eigenvalue weighted by Gasteiger charge is -2.10. The molecule has 2 aromatic rings. The SMILES string of the molecule is COc1ccc(Oc2cc(O)ccc2I)cc1C. The highest BCUT2D eigenvalue weighted by Gasteiger charge is 2.06. The topological polar surface area (TPSA) is 38.7 Å². The Morgan fingerprint density at radius 2 is 1.83 bits per heavy atom.